The van der Waals surface area contributed by atoms with E-state index in [1.54, 1.807) is 0 Å². The molecule has 1 atom stereocenters. The molecule has 1 fully saturated rings. The topological polar surface area (TPSA) is 92.4 Å². The van der Waals surface area contributed by atoms with Gasteiger partial charge in [-0.1, -0.05) is 0 Å². The van der Waals surface area contributed by atoms with Crippen LogP contribution in [0, 0.1) is 17.6 Å². The van der Waals surface area contributed by atoms with E-state index < -0.39 is 34.6 Å². The van der Waals surface area contributed by atoms with E-state index in [4.69, 9.17) is 10.8 Å². The van der Waals surface area contributed by atoms with Crippen LogP contribution in [0.2, 0.25) is 0 Å². The van der Waals surface area contributed by atoms with Gasteiger partial charge in [0.25, 0.3) is 0 Å². The summed E-state index contributed by atoms with van der Waals surface area (Å²) in [7, 11) is 0. The molecule has 0 heterocycles. The van der Waals surface area contributed by atoms with Crippen molar-refractivity contribution >= 4 is 17.6 Å². The average molecular weight is 284 g/mol. The quantitative estimate of drug-likeness (QED) is 0.785. The highest BCUT2D eigenvalue weighted by atomic mass is 19.2. The van der Waals surface area contributed by atoms with Gasteiger partial charge in [-0.2, -0.15) is 0 Å². The highest BCUT2D eigenvalue weighted by molar-refractivity contribution is 6.03. The standard InChI is InChI=1S/C13H14F2N2O3/c1-13(16,6-2-3-6)12(20)17-10-5-9(15)8(14)4-7(10)11(18)19/h4-6H,2-3,16H2,1H3,(H,17,20)(H,18,19). The van der Waals surface area contributed by atoms with E-state index >= 15 is 0 Å². The Bertz CT molecular complexity index is 583. The first-order chi connectivity index (χ1) is 9.23. The van der Waals surface area contributed by atoms with Crippen LogP contribution >= 0.6 is 0 Å². The molecule has 20 heavy (non-hydrogen) atoms. The summed E-state index contributed by atoms with van der Waals surface area (Å²) in [5.74, 6) is -4.60. The highest BCUT2D eigenvalue weighted by Crippen LogP contribution is 2.38. The van der Waals surface area contributed by atoms with Crippen molar-refractivity contribution in [1.29, 1.82) is 0 Å². The van der Waals surface area contributed by atoms with E-state index in [-0.39, 0.29) is 11.6 Å². The highest BCUT2D eigenvalue weighted by Gasteiger charge is 2.44. The minimum Gasteiger partial charge on any atom is -0.478 e. The van der Waals surface area contributed by atoms with Crippen LogP contribution < -0.4 is 11.1 Å². The fourth-order valence-corrected chi connectivity index (χ4v) is 1.95. The number of hydrogen-bond donors (Lipinski definition) is 3. The normalized spacial score (nSPS) is 17.4. The summed E-state index contributed by atoms with van der Waals surface area (Å²) in [5, 5.41) is 11.2. The maximum absolute atomic E-state index is 13.2. The predicted molar refractivity (Wildman–Crippen MR) is 67.3 cm³/mol. The van der Waals surface area contributed by atoms with Crippen LogP contribution in [-0.4, -0.2) is 22.5 Å². The molecule has 0 radical (unpaired) electrons. The van der Waals surface area contributed by atoms with Crippen LogP contribution in [0.15, 0.2) is 12.1 Å². The summed E-state index contributed by atoms with van der Waals surface area (Å²) >= 11 is 0. The van der Waals surface area contributed by atoms with Crippen LogP contribution in [0.4, 0.5) is 14.5 Å². The second-order valence-electron chi connectivity index (χ2n) is 5.13. The Kier molecular flexibility index (Phi) is 3.47. The first-order valence-electron chi connectivity index (χ1n) is 6.06. The molecule has 4 N–H and O–H groups in total. The van der Waals surface area contributed by atoms with Gasteiger partial charge in [-0.3, -0.25) is 4.79 Å². The Balaban J connectivity index is 2.30. The van der Waals surface area contributed by atoms with E-state index in [2.05, 4.69) is 5.32 Å². The minimum absolute atomic E-state index is 0.0149. The fraction of sp³-hybridized carbons (Fsp3) is 0.385. The van der Waals surface area contributed by atoms with E-state index in [0.29, 0.717) is 12.1 Å². The maximum Gasteiger partial charge on any atom is 0.337 e. The van der Waals surface area contributed by atoms with Crippen LogP contribution in [0.1, 0.15) is 30.1 Å². The van der Waals surface area contributed by atoms with Crippen molar-refractivity contribution in [1.82, 2.24) is 0 Å². The summed E-state index contributed by atoms with van der Waals surface area (Å²) < 4.78 is 26.2. The van der Waals surface area contributed by atoms with E-state index in [9.17, 15) is 18.4 Å². The van der Waals surface area contributed by atoms with Crippen LogP contribution in [0.25, 0.3) is 0 Å². The average Bonchev–Trinajstić information content (AvgIpc) is 3.17. The molecule has 1 aromatic rings. The Morgan fingerprint density at radius 3 is 2.40 bits per heavy atom. The summed E-state index contributed by atoms with van der Waals surface area (Å²) in [4.78, 5) is 23.0. The number of hydrogen-bond acceptors (Lipinski definition) is 3. The lowest BCUT2D eigenvalue weighted by molar-refractivity contribution is -0.121. The lowest BCUT2D eigenvalue weighted by atomic mass is 9.96. The van der Waals surface area contributed by atoms with Crippen LogP contribution in [-0.2, 0) is 4.79 Å². The molecule has 1 aliphatic rings. The van der Waals surface area contributed by atoms with Gasteiger partial charge in [0.1, 0.15) is 0 Å². The largest absolute Gasteiger partial charge is 0.478 e. The second-order valence-corrected chi connectivity index (χ2v) is 5.13. The molecular formula is C13H14F2N2O3. The smallest absolute Gasteiger partial charge is 0.337 e. The number of halogens is 2. The predicted octanol–water partition coefficient (Wildman–Crippen LogP) is 1.73. The Labute approximate surface area is 113 Å². The zero-order chi connectivity index (χ0) is 15.1. The number of anilines is 1. The molecule has 1 saturated carbocycles. The van der Waals surface area contributed by atoms with Crippen molar-refractivity contribution in [3.8, 4) is 0 Å². The SMILES string of the molecule is CC(N)(C(=O)Nc1cc(F)c(F)cc1C(=O)O)C1CC1. The van der Waals surface area contributed by atoms with Gasteiger partial charge in [0.2, 0.25) is 5.91 Å². The van der Waals surface area contributed by atoms with Crippen molar-refractivity contribution < 1.29 is 23.5 Å². The third kappa shape index (κ3) is 2.62. The third-order valence-corrected chi connectivity index (χ3v) is 3.45. The number of nitrogens with one attached hydrogen (secondary N) is 1. The molecule has 0 aliphatic heterocycles. The fourth-order valence-electron chi connectivity index (χ4n) is 1.95. The van der Waals surface area contributed by atoms with Gasteiger partial charge in [0.05, 0.1) is 16.8 Å². The zero-order valence-corrected chi connectivity index (χ0v) is 10.7. The number of carbonyl (C=O) groups excluding carboxylic acids is 1. The van der Waals surface area contributed by atoms with Crippen LogP contribution in [0.5, 0.6) is 0 Å². The van der Waals surface area contributed by atoms with Crippen molar-refractivity contribution in [2.75, 3.05) is 5.32 Å². The number of carboxylic acid groups (broad SMARTS) is 1. The number of carboxylic acids is 1. The van der Waals surface area contributed by atoms with E-state index in [1.165, 1.54) is 6.92 Å². The van der Waals surface area contributed by atoms with Crippen molar-refractivity contribution in [2.45, 2.75) is 25.3 Å². The molecule has 1 aliphatic carbocycles. The van der Waals surface area contributed by atoms with Crippen molar-refractivity contribution in [3.63, 3.8) is 0 Å². The number of amides is 1. The van der Waals surface area contributed by atoms with E-state index in [0.717, 1.165) is 12.8 Å². The van der Waals surface area contributed by atoms with Gasteiger partial charge in [-0.15, -0.1) is 0 Å². The first kappa shape index (κ1) is 14.4. The molecule has 0 spiro atoms. The molecule has 5 nitrogen and oxygen atoms in total. The van der Waals surface area contributed by atoms with Gasteiger partial charge in [-0.05, 0) is 31.7 Å². The molecule has 0 aromatic heterocycles. The van der Waals surface area contributed by atoms with Gasteiger partial charge < -0.3 is 16.2 Å². The summed E-state index contributed by atoms with van der Waals surface area (Å²) in [6.07, 6.45) is 1.62. The first-order valence-corrected chi connectivity index (χ1v) is 6.06. The van der Waals surface area contributed by atoms with Gasteiger partial charge in [0, 0.05) is 6.07 Å². The molecule has 0 saturated heterocycles. The number of carbonyl (C=O) groups is 2. The summed E-state index contributed by atoms with van der Waals surface area (Å²) in [6, 6.07) is 1.16. The second kappa shape index (κ2) is 4.82. The lowest BCUT2D eigenvalue weighted by Gasteiger charge is -2.23. The molecule has 7 heteroatoms. The number of benzene rings is 1. The van der Waals surface area contributed by atoms with E-state index in [1.807, 2.05) is 0 Å². The maximum atomic E-state index is 13.2. The molecule has 0 bridgehead atoms. The Morgan fingerprint density at radius 2 is 1.90 bits per heavy atom. The van der Waals surface area contributed by atoms with Gasteiger partial charge >= 0.3 is 5.97 Å². The lowest BCUT2D eigenvalue weighted by Crippen LogP contribution is -2.50. The molecule has 1 aromatic carbocycles. The molecule has 108 valence electrons. The number of aromatic carboxylic acids is 1. The molecule has 1 unspecified atom stereocenters. The number of nitrogens with two attached hydrogens (primary N) is 1. The minimum atomic E-state index is -1.47. The van der Waals surface area contributed by atoms with Crippen LogP contribution in [0.3, 0.4) is 0 Å². The third-order valence-electron chi connectivity index (χ3n) is 3.45. The molecule has 1 amide bonds. The summed E-state index contributed by atoms with van der Waals surface area (Å²) in [5.41, 5.74) is 3.88. The summed E-state index contributed by atoms with van der Waals surface area (Å²) in [6.45, 7) is 1.53. The molecule has 2 rings (SSSR count). The van der Waals surface area contributed by atoms with Crippen molar-refractivity contribution in [3.05, 3.63) is 29.3 Å². The monoisotopic (exact) mass is 284 g/mol. The Morgan fingerprint density at radius 1 is 1.35 bits per heavy atom. The molecular weight excluding hydrogens is 270 g/mol. The Hall–Kier alpha value is -2.02. The number of rotatable bonds is 4. The zero-order valence-electron chi connectivity index (χ0n) is 10.7. The van der Waals surface area contributed by atoms with Gasteiger partial charge in [0.15, 0.2) is 11.6 Å². The van der Waals surface area contributed by atoms with Crippen molar-refractivity contribution in [2.24, 2.45) is 11.7 Å². The van der Waals surface area contributed by atoms with Gasteiger partial charge in [-0.25, -0.2) is 13.6 Å².